The maximum Gasteiger partial charge on any atom is 0.00691 e. The van der Waals surface area contributed by atoms with Crippen molar-refractivity contribution in [2.24, 2.45) is 11.8 Å². The Bertz CT molecular complexity index is 145. The summed E-state index contributed by atoms with van der Waals surface area (Å²) in [7, 11) is 2.13. The molecule has 0 bridgehead atoms. The van der Waals surface area contributed by atoms with Crippen molar-refractivity contribution in [3.8, 4) is 0 Å². The van der Waals surface area contributed by atoms with E-state index in [1.807, 2.05) is 0 Å². The molecule has 0 aromatic heterocycles. The first kappa shape index (κ1) is 13.0. The smallest absolute Gasteiger partial charge is 0.00691 e. The van der Waals surface area contributed by atoms with Crippen LogP contribution in [0.2, 0.25) is 0 Å². The molecule has 0 saturated heterocycles. The van der Waals surface area contributed by atoms with Gasteiger partial charge in [-0.25, -0.2) is 0 Å². The van der Waals surface area contributed by atoms with Crippen LogP contribution in [0.4, 0.5) is 0 Å². The zero-order valence-corrected chi connectivity index (χ0v) is 10.9. The average Bonchev–Trinajstić information content (AvgIpc) is 2.44. The maximum atomic E-state index is 3.50. The lowest BCUT2D eigenvalue weighted by atomic mass is 9.89. The summed E-state index contributed by atoms with van der Waals surface area (Å²) in [5, 5.41) is 3.50. The first-order valence-electron chi connectivity index (χ1n) is 6.89. The van der Waals surface area contributed by atoms with Crippen LogP contribution in [0.5, 0.6) is 0 Å². The molecule has 1 heteroatoms. The van der Waals surface area contributed by atoms with Crippen molar-refractivity contribution in [2.75, 3.05) is 7.05 Å². The Labute approximate surface area is 96.0 Å². The second-order valence-electron chi connectivity index (χ2n) is 5.71. The van der Waals surface area contributed by atoms with Gasteiger partial charge in [-0.2, -0.15) is 0 Å². The molecule has 1 aliphatic rings. The van der Waals surface area contributed by atoms with Crippen LogP contribution >= 0.6 is 0 Å². The Kier molecular flexibility index (Phi) is 6.31. The van der Waals surface area contributed by atoms with Gasteiger partial charge in [-0.3, -0.25) is 0 Å². The van der Waals surface area contributed by atoms with Gasteiger partial charge in [0.15, 0.2) is 0 Å². The Morgan fingerprint density at radius 2 is 1.67 bits per heavy atom. The van der Waals surface area contributed by atoms with E-state index in [2.05, 4.69) is 26.2 Å². The highest BCUT2D eigenvalue weighted by Crippen LogP contribution is 2.27. The average molecular weight is 211 g/mol. The molecule has 90 valence electrons. The standard InChI is InChI=1S/C14H29N/c1-12(2)10-14(15-3)11-13-8-6-4-5-7-9-13/h12-15H,4-11H2,1-3H3. The van der Waals surface area contributed by atoms with E-state index in [0.717, 1.165) is 17.9 Å². The Balaban J connectivity index is 2.28. The molecule has 0 aromatic rings. The van der Waals surface area contributed by atoms with Gasteiger partial charge >= 0.3 is 0 Å². The fraction of sp³-hybridized carbons (Fsp3) is 1.00. The van der Waals surface area contributed by atoms with Crippen molar-refractivity contribution in [1.82, 2.24) is 5.32 Å². The number of hydrogen-bond donors (Lipinski definition) is 1. The van der Waals surface area contributed by atoms with Crippen molar-refractivity contribution in [1.29, 1.82) is 0 Å². The monoisotopic (exact) mass is 211 g/mol. The van der Waals surface area contributed by atoms with Crippen molar-refractivity contribution < 1.29 is 0 Å². The highest BCUT2D eigenvalue weighted by atomic mass is 14.9. The molecular formula is C14H29N. The fourth-order valence-electron chi connectivity index (χ4n) is 2.90. The molecule has 1 rings (SSSR count). The van der Waals surface area contributed by atoms with Crippen molar-refractivity contribution in [2.45, 2.75) is 71.3 Å². The van der Waals surface area contributed by atoms with Crippen molar-refractivity contribution >= 4 is 0 Å². The van der Waals surface area contributed by atoms with Crippen LogP contribution in [-0.4, -0.2) is 13.1 Å². The Morgan fingerprint density at radius 3 is 2.13 bits per heavy atom. The summed E-state index contributed by atoms with van der Waals surface area (Å²) in [6.07, 6.45) is 11.6. The lowest BCUT2D eigenvalue weighted by molar-refractivity contribution is 0.328. The summed E-state index contributed by atoms with van der Waals surface area (Å²) in [6, 6.07) is 0.757. The lowest BCUT2D eigenvalue weighted by Gasteiger charge is -2.23. The molecule has 1 fully saturated rings. The first-order valence-corrected chi connectivity index (χ1v) is 6.89. The summed E-state index contributed by atoms with van der Waals surface area (Å²) < 4.78 is 0. The SMILES string of the molecule is CNC(CC(C)C)CC1CCCCCC1. The molecule has 0 spiro atoms. The summed E-state index contributed by atoms with van der Waals surface area (Å²) >= 11 is 0. The lowest BCUT2D eigenvalue weighted by Crippen LogP contribution is -2.29. The van der Waals surface area contributed by atoms with Crippen LogP contribution in [0.3, 0.4) is 0 Å². The third-order valence-electron chi connectivity index (χ3n) is 3.76. The van der Waals surface area contributed by atoms with E-state index in [1.165, 1.54) is 51.4 Å². The minimum Gasteiger partial charge on any atom is -0.317 e. The van der Waals surface area contributed by atoms with E-state index in [9.17, 15) is 0 Å². The highest BCUT2D eigenvalue weighted by Gasteiger charge is 2.17. The molecule has 1 aliphatic carbocycles. The normalized spacial score (nSPS) is 21.6. The molecule has 0 radical (unpaired) electrons. The molecule has 1 nitrogen and oxygen atoms in total. The molecule has 0 aliphatic heterocycles. The van der Waals surface area contributed by atoms with Crippen LogP contribution < -0.4 is 5.32 Å². The van der Waals surface area contributed by atoms with Gasteiger partial charge in [0, 0.05) is 6.04 Å². The molecule has 1 unspecified atom stereocenters. The van der Waals surface area contributed by atoms with Gasteiger partial charge in [-0.1, -0.05) is 52.4 Å². The molecule has 1 saturated carbocycles. The van der Waals surface area contributed by atoms with E-state index in [4.69, 9.17) is 0 Å². The molecule has 15 heavy (non-hydrogen) atoms. The molecule has 0 aromatic carbocycles. The van der Waals surface area contributed by atoms with E-state index in [0.29, 0.717) is 0 Å². The number of hydrogen-bond acceptors (Lipinski definition) is 1. The summed E-state index contributed by atoms with van der Waals surface area (Å²) in [4.78, 5) is 0. The first-order chi connectivity index (χ1) is 7.22. The minimum absolute atomic E-state index is 0.757. The van der Waals surface area contributed by atoms with Crippen LogP contribution in [-0.2, 0) is 0 Å². The predicted molar refractivity (Wildman–Crippen MR) is 68.1 cm³/mol. The van der Waals surface area contributed by atoms with E-state index in [1.54, 1.807) is 0 Å². The van der Waals surface area contributed by atoms with Crippen LogP contribution in [0.1, 0.15) is 65.2 Å². The Morgan fingerprint density at radius 1 is 1.07 bits per heavy atom. The van der Waals surface area contributed by atoms with Gasteiger partial charge in [-0.05, 0) is 31.7 Å². The van der Waals surface area contributed by atoms with Crippen LogP contribution in [0.25, 0.3) is 0 Å². The van der Waals surface area contributed by atoms with Gasteiger partial charge < -0.3 is 5.32 Å². The zero-order chi connectivity index (χ0) is 11.1. The predicted octanol–water partition coefficient (Wildman–Crippen LogP) is 3.98. The minimum atomic E-state index is 0.757. The van der Waals surface area contributed by atoms with Gasteiger partial charge in [0.2, 0.25) is 0 Å². The number of nitrogens with one attached hydrogen (secondary N) is 1. The third-order valence-corrected chi connectivity index (χ3v) is 3.76. The van der Waals surface area contributed by atoms with Gasteiger partial charge in [0.25, 0.3) is 0 Å². The van der Waals surface area contributed by atoms with E-state index >= 15 is 0 Å². The molecule has 1 N–H and O–H groups in total. The fourth-order valence-corrected chi connectivity index (χ4v) is 2.90. The highest BCUT2D eigenvalue weighted by molar-refractivity contribution is 4.73. The maximum absolute atomic E-state index is 3.50. The van der Waals surface area contributed by atoms with Crippen molar-refractivity contribution in [3.05, 3.63) is 0 Å². The second-order valence-corrected chi connectivity index (χ2v) is 5.71. The molecule has 1 atom stereocenters. The summed E-state index contributed by atoms with van der Waals surface area (Å²) in [5.41, 5.74) is 0. The van der Waals surface area contributed by atoms with Gasteiger partial charge in [-0.15, -0.1) is 0 Å². The Hall–Kier alpha value is -0.0400. The quantitative estimate of drug-likeness (QED) is 0.678. The molecular weight excluding hydrogens is 182 g/mol. The summed E-state index contributed by atoms with van der Waals surface area (Å²) in [6.45, 7) is 4.66. The van der Waals surface area contributed by atoms with Crippen LogP contribution in [0, 0.1) is 11.8 Å². The van der Waals surface area contributed by atoms with Gasteiger partial charge in [0.05, 0.1) is 0 Å². The second kappa shape index (κ2) is 7.27. The van der Waals surface area contributed by atoms with E-state index < -0.39 is 0 Å². The van der Waals surface area contributed by atoms with Crippen molar-refractivity contribution in [3.63, 3.8) is 0 Å². The summed E-state index contributed by atoms with van der Waals surface area (Å²) in [5.74, 6) is 1.83. The largest absolute Gasteiger partial charge is 0.317 e. The van der Waals surface area contributed by atoms with E-state index in [-0.39, 0.29) is 0 Å². The zero-order valence-electron chi connectivity index (χ0n) is 10.9. The number of rotatable bonds is 5. The third kappa shape index (κ3) is 5.55. The molecule has 0 amide bonds. The topological polar surface area (TPSA) is 12.0 Å². The van der Waals surface area contributed by atoms with Crippen LogP contribution in [0.15, 0.2) is 0 Å². The molecule has 0 heterocycles. The van der Waals surface area contributed by atoms with Gasteiger partial charge in [0.1, 0.15) is 0 Å².